The quantitative estimate of drug-likeness (QED) is 0.600. The van der Waals surface area contributed by atoms with E-state index in [4.69, 9.17) is 4.99 Å². The number of nitrogens with one attached hydrogen (secondary N) is 1. The maximum atomic E-state index is 9.47. The molecular formula is C25H37N5. The first-order chi connectivity index (χ1) is 14.5. The smallest absolute Gasteiger partial charge is 0.0989 e. The van der Waals surface area contributed by atoms with Crippen LogP contribution in [0.25, 0.3) is 0 Å². The van der Waals surface area contributed by atoms with Gasteiger partial charge < -0.3 is 15.1 Å². The molecule has 2 aliphatic heterocycles. The van der Waals surface area contributed by atoms with E-state index >= 15 is 0 Å². The summed E-state index contributed by atoms with van der Waals surface area (Å²) >= 11 is 0. The van der Waals surface area contributed by atoms with Gasteiger partial charge in [0.1, 0.15) is 0 Å². The minimum atomic E-state index is 0.717. The molecule has 1 N–H and O–H groups in total. The van der Waals surface area contributed by atoms with Gasteiger partial charge in [-0.25, -0.2) is 0 Å². The lowest BCUT2D eigenvalue weighted by Crippen LogP contribution is -2.43. The maximum Gasteiger partial charge on any atom is 0.0989 e. The number of nitriles is 1. The van der Waals surface area contributed by atoms with E-state index in [9.17, 15) is 5.26 Å². The number of rotatable bonds is 8. The second kappa shape index (κ2) is 12.2. The maximum absolute atomic E-state index is 9.47. The van der Waals surface area contributed by atoms with E-state index < -0.39 is 0 Å². The molecule has 0 aromatic rings. The van der Waals surface area contributed by atoms with Crippen molar-refractivity contribution in [3.8, 4) is 6.07 Å². The highest BCUT2D eigenvalue weighted by atomic mass is 15.2. The predicted octanol–water partition coefficient (Wildman–Crippen LogP) is 4.56. The van der Waals surface area contributed by atoms with Crippen LogP contribution in [-0.4, -0.2) is 55.3 Å². The lowest BCUT2D eigenvalue weighted by Gasteiger charge is -2.32. The Balaban J connectivity index is 2.59. The zero-order valence-corrected chi connectivity index (χ0v) is 19.3. The number of aliphatic imine (C=N–C) groups is 1. The average molecular weight is 408 g/mol. The first-order valence-electron chi connectivity index (χ1n) is 11.1. The summed E-state index contributed by atoms with van der Waals surface area (Å²) in [5, 5.41) is 12.9. The van der Waals surface area contributed by atoms with Gasteiger partial charge in [-0.2, -0.15) is 5.26 Å². The summed E-state index contributed by atoms with van der Waals surface area (Å²) in [7, 11) is 2.08. The van der Waals surface area contributed by atoms with Gasteiger partial charge in [0.25, 0.3) is 0 Å². The number of piperazine rings is 1. The van der Waals surface area contributed by atoms with Crippen LogP contribution in [0.4, 0.5) is 0 Å². The molecule has 0 spiro atoms. The van der Waals surface area contributed by atoms with Crippen LogP contribution in [0.15, 0.2) is 63.6 Å². The van der Waals surface area contributed by atoms with E-state index in [1.54, 1.807) is 0 Å². The van der Waals surface area contributed by atoms with E-state index in [0.29, 0.717) is 0 Å². The third kappa shape index (κ3) is 6.21. The van der Waals surface area contributed by atoms with Crippen LogP contribution in [0.3, 0.4) is 0 Å². The van der Waals surface area contributed by atoms with Crippen molar-refractivity contribution < 1.29 is 0 Å². The molecule has 2 aliphatic rings. The van der Waals surface area contributed by atoms with E-state index in [2.05, 4.69) is 68.1 Å². The standard InChI is InChI=1S/C25H37N5/c1-6-8-10-23(24-18-22(19-26)11-15-29(24)5)25(28-12-9-7-2)20(3)21(4)30-16-13-27-14-17-30/h9-12,18,27H,6-8,13-17H2,1-5H3/b12-9+,21-20+,23-10-,28-25-. The molecule has 0 saturated carbocycles. The average Bonchev–Trinajstić information content (AvgIpc) is 2.78. The van der Waals surface area contributed by atoms with Crippen LogP contribution >= 0.6 is 0 Å². The summed E-state index contributed by atoms with van der Waals surface area (Å²) in [4.78, 5) is 9.59. The van der Waals surface area contributed by atoms with Gasteiger partial charge in [0.05, 0.1) is 17.4 Å². The third-order valence-electron chi connectivity index (χ3n) is 5.62. The second-order valence-electron chi connectivity index (χ2n) is 7.81. The van der Waals surface area contributed by atoms with Crippen molar-refractivity contribution in [2.75, 3.05) is 39.8 Å². The van der Waals surface area contributed by atoms with E-state index in [1.807, 2.05) is 18.4 Å². The van der Waals surface area contributed by atoms with Gasteiger partial charge >= 0.3 is 0 Å². The highest BCUT2D eigenvalue weighted by molar-refractivity contribution is 6.15. The van der Waals surface area contributed by atoms with Crippen molar-refractivity contribution in [3.05, 3.63) is 58.6 Å². The molecular weight excluding hydrogens is 370 g/mol. The fourth-order valence-electron chi connectivity index (χ4n) is 3.63. The first-order valence-corrected chi connectivity index (χ1v) is 11.1. The van der Waals surface area contributed by atoms with Crippen molar-refractivity contribution in [2.24, 2.45) is 4.99 Å². The Morgan fingerprint density at radius 3 is 2.63 bits per heavy atom. The van der Waals surface area contributed by atoms with Crippen molar-refractivity contribution >= 4 is 5.71 Å². The van der Waals surface area contributed by atoms with Crippen molar-refractivity contribution in [1.29, 1.82) is 5.26 Å². The van der Waals surface area contributed by atoms with E-state index in [-0.39, 0.29) is 0 Å². The molecule has 162 valence electrons. The highest BCUT2D eigenvalue weighted by Gasteiger charge is 2.22. The van der Waals surface area contributed by atoms with E-state index in [0.717, 1.165) is 74.5 Å². The zero-order chi connectivity index (χ0) is 21.9. The fourth-order valence-corrected chi connectivity index (χ4v) is 3.63. The van der Waals surface area contributed by atoms with Gasteiger partial charge in [-0.3, -0.25) is 4.99 Å². The Bertz CT molecular complexity index is 811. The van der Waals surface area contributed by atoms with Crippen LogP contribution in [-0.2, 0) is 0 Å². The van der Waals surface area contributed by atoms with Gasteiger partial charge in [-0.15, -0.1) is 0 Å². The lowest BCUT2D eigenvalue weighted by atomic mass is 9.94. The molecule has 30 heavy (non-hydrogen) atoms. The molecule has 0 amide bonds. The number of likely N-dealkylation sites (N-methyl/N-ethyl adjacent to an activating group) is 1. The molecule has 5 heteroatoms. The Morgan fingerprint density at radius 1 is 1.27 bits per heavy atom. The Hall–Kier alpha value is -2.58. The molecule has 5 nitrogen and oxygen atoms in total. The normalized spacial score (nSPS) is 19.5. The van der Waals surface area contributed by atoms with Crippen molar-refractivity contribution in [2.45, 2.75) is 47.0 Å². The molecule has 0 unspecified atom stereocenters. The van der Waals surface area contributed by atoms with Crippen LogP contribution in [0.5, 0.6) is 0 Å². The monoisotopic (exact) mass is 407 g/mol. The molecule has 1 saturated heterocycles. The van der Waals surface area contributed by atoms with Crippen LogP contribution < -0.4 is 5.32 Å². The molecule has 0 atom stereocenters. The number of allylic oxidation sites excluding steroid dienone is 7. The summed E-state index contributed by atoms with van der Waals surface area (Å²) in [6.45, 7) is 13.5. The topological polar surface area (TPSA) is 54.7 Å². The summed E-state index contributed by atoms with van der Waals surface area (Å²) in [6.07, 6.45) is 13.3. The minimum absolute atomic E-state index is 0.717. The largest absolute Gasteiger partial charge is 0.372 e. The van der Waals surface area contributed by atoms with Crippen LogP contribution in [0.2, 0.25) is 0 Å². The summed E-state index contributed by atoms with van der Waals surface area (Å²) in [5.74, 6) is 0. The molecule has 0 aliphatic carbocycles. The molecule has 1 fully saturated rings. The number of nitrogens with zero attached hydrogens (tertiary/aromatic N) is 4. The SMILES string of the molecule is CC/C=C/N=C(C(=C\CCC)/C1=CC(C#N)=CCN1C)/C(C)=C(\C)N1CCNCC1. The molecule has 0 radical (unpaired) electrons. The van der Waals surface area contributed by atoms with Crippen molar-refractivity contribution in [3.63, 3.8) is 0 Å². The predicted molar refractivity (Wildman–Crippen MR) is 127 cm³/mol. The third-order valence-corrected chi connectivity index (χ3v) is 5.62. The molecule has 0 aromatic carbocycles. The molecule has 0 aromatic heterocycles. The first kappa shape index (κ1) is 23.7. The zero-order valence-electron chi connectivity index (χ0n) is 19.3. The van der Waals surface area contributed by atoms with Gasteiger partial charge in [0, 0.05) is 62.9 Å². The van der Waals surface area contributed by atoms with Crippen molar-refractivity contribution in [1.82, 2.24) is 15.1 Å². The van der Waals surface area contributed by atoms with Gasteiger partial charge in [0.15, 0.2) is 0 Å². The fraction of sp³-hybridized carbons (Fsp3) is 0.520. The Labute approximate surface area is 182 Å². The number of hydrogen-bond acceptors (Lipinski definition) is 5. The Kier molecular flexibility index (Phi) is 9.63. The summed E-state index contributed by atoms with van der Waals surface area (Å²) in [5.41, 5.74) is 6.38. The van der Waals surface area contributed by atoms with Gasteiger partial charge in [-0.1, -0.05) is 32.4 Å². The Morgan fingerprint density at radius 2 is 2.00 bits per heavy atom. The second-order valence-corrected chi connectivity index (χ2v) is 7.81. The van der Waals surface area contributed by atoms with Crippen LogP contribution in [0, 0.1) is 11.3 Å². The highest BCUT2D eigenvalue weighted by Crippen LogP contribution is 2.27. The minimum Gasteiger partial charge on any atom is -0.372 e. The van der Waals surface area contributed by atoms with Gasteiger partial charge in [-0.05, 0) is 44.4 Å². The summed E-state index contributed by atoms with van der Waals surface area (Å²) < 4.78 is 0. The molecule has 2 rings (SSSR count). The number of hydrogen-bond donors (Lipinski definition) is 1. The number of unbranched alkanes of at least 4 members (excludes halogenated alkanes) is 1. The lowest BCUT2D eigenvalue weighted by molar-refractivity contribution is 0.298. The van der Waals surface area contributed by atoms with Crippen LogP contribution in [0.1, 0.15) is 47.0 Å². The summed E-state index contributed by atoms with van der Waals surface area (Å²) in [6, 6.07) is 2.31. The molecule has 0 bridgehead atoms. The molecule has 2 heterocycles. The van der Waals surface area contributed by atoms with Gasteiger partial charge in [0.2, 0.25) is 0 Å². The van der Waals surface area contributed by atoms with E-state index in [1.165, 1.54) is 11.3 Å².